The van der Waals surface area contributed by atoms with Crippen molar-refractivity contribution in [3.05, 3.63) is 35.4 Å². The number of carbonyl (C=O) groups excluding carboxylic acids is 1. The zero-order chi connectivity index (χ0) is 21.2. The van der Waals surface area contributed by atoms with Gasteiger partial charge in [0.05, 0.1) is 0 Å². The second kappa shape index (κ2) is 17.8. The molecule has 1 amide bonds. The first-order chi connectivity index (χ1) is 14.2. The van der Waals surface area contributed by atoms with Gasteiger partial charge in [-0.05, 0) is 36.8 Å². The summed E-state index contributed by atoms with van der Waals surface area (Å²) < 4.78 is 0.553. The Hall–Kier alpha value is -1.07. The Morgan fingerprint density at radius 1 is 0.793 bits per heavy atom. The highest BCUT2D eigenvalue weighted by Gasteiger charge is 2.05. The van der Waals surface area contributed by atoms with Crippen LogP contribution in [0.25, 0.3) is 0 Å². The SMILES string of the molecule is CCCCCCCCCCCCCCCc1ccc(C(=O)NNC(=S)SC)cc1. The van der Waals surface area contributed by atoms with Crippen LogP contribution in [0.15, 0.2) is 24.3 Å². The summed E-state index contributed by atoms with van der Waals surface area (Å²) in [4.78, 5) is 12.0. The molecule has 0 heterocycles. The number of aryl methyl sites for hydroxylation is 1. The zero-order valence-corrected chi connectivity index (χ0v) is 20.1. The van der Waals surface area contributed by atoms with Crippen molar-refractivity contribution in [3.8, 4) is 0 Å². The zero-order valence-electron chi connectivity index (χ0n) is 18.4. The smallest absolute Gasteiger partial charge is 0.269 e. The highest BCUT2D eigenvalue weighted by Crippen LogP contribution is 2.14. The Kier molecular flexibility index (Phi) is 15.9. The average molecular weight is 437 g/mol. The molecule has 1 aromatic carbocycles. The first-order valence-corrected chi connectivity index (χ1v) is 13.0. The van der Waals surface area contributed by atoms with Gasteiger partial charge >= 0.3 is 0 Å². The molecule has 0 saturated heterocycles. The van der Waals surface area contributed by atoms with Crippen LogP contribution in [-0.4, -0.2) is 16.5 Å². The molecule has 5 heteroatoms. The van der Waals surface area contributed by atoms with Crippen molar-refractivity contribution in [2.75, 3.05) is 6.26 Å². The Morgan fingerprint density at radius 2 is 1.28 bits per heavy atom. The molecule has 0 aliphatic heterocycles. The van der Waals surface area contributed by atoms with Crippen LogP contribution >= 0.6 is 24.0 Å². The van der Waals surface area contributed by atoms with E-state index in [9.17, 15) is 4.79 Å². The van der Waals surface area contributed by atoms with Crippen LogP contribution in [0.2, 0.25) is 0 Å². The van der Waals surface area contributed by atoms with Crippen molar-refractivity contribution >= 4 is 34.2 Å². The Bertz CT molecular complexity index is 561. The first kappa shape index (κ1) is 26.0. The molecule has 0 aliphatic carbocycles. The third-order valence-electron chi connectivity index (χ3n) is 5.25. The summed E-state index contributed by atoms with van der Waals surface area (Å²) >= 11 is 6.40. The van der Waals surface area contributed by atoms with E-state index >= 15 is 0 Å². The van der Waals surface area contributed by atoms with Gasteiger partial charge < -0.3 is 0 Å². The molecule has 164 valence electrons. The number of carbonyl (C=O) groups is 1. The molecule has 0 spiro atoms. The number of thioether (sulfide) groups is 1. The summed E-state index contributed by atoms with van der Waals surface area (Å²) in [6.45, 7) is 2.28. The highest BCUT2D eigenvalue weighted by molar-refractivity contribution is 8.22. The number of unbranched alkanes of at least 4 members (excludes halogenated alkanes) is 12. The predicted octanol–water partition coefficient (Wildman–Crippen LogP) is 7.20. The Morgan fingerprint density at radius 3 is 1.76 bits per heavy atom. The van der Waals surface area contributed by atoms with Gasteiger partial charge in [-0.3, -0.25) is 15.6 Å². The minimum absolute atomic E-state index is 0.158. The van der Waals surface area contributed by atoms with Crippen LogP contribution in [0.3, 0.4) is 0 Å². The van der Waals surface area contributed by atoms with Gasteiger partial charge in [0, 0.05) is 5.56 Å². The quantitative estimate of drug-likeness (QED) is 0.173. The van der Waals surface area contributed by atoms with Gasteiger partial charge in [-0.2, -0.15) is 0 Å². The summed E-state index contributed by atoms with van der Waals surface area (Å²) in [6.07, 6.45) is 20.9. The number of amides is 1. The summed E-state index contributed by atoms with van der Waals surface area (Å²) in [5.41, 5.74) is 7.29. The fraction of sp³-hybridized carbons (Fsp3) is 0.667. The van der Waals surface area contributed by atoms with Gasteiger partial charge in [-0.25, -0.2) is 0 Å². The van der Waals surface area contributed by atoms with Crippen molar-refractivity contribution in [2.45, 2.75) is 96.8 Å². The van der Waals surface area contributed by atoms with E-state index in [0.29, 0.717) is 9.88 Å². The average Bonchev–Trinajstić information content (AvgIpc) is 2.75. The monoisotopic (exact) mass is 436 g/mol. The van der Waals surface area contributed by atoms with Crippen LogP contribution in [0.4, 0.5) is 0 Å². The van der Waals surface area contributed by atoms with Gasteiger partial charge in [0.2, 0.25) is 0 Å². The Balaban J connectivity index is 2.01. The number of hydrogen-bond donors (Lipinski definition) is 2. The van der Waals surface area contributed by atoms with Crippen molar-refractivity contribution in [1.82, 2.24) is 10.9 Å². The number of hydrogen-bond acceptors (Lipinski definition) is 3. The molecule has 1 aromatic rings. The van der Waals surface area contributed by atoms with Gasteiger partial charge in [-0.15, -0.1) is 0 Å². The lowest BCUT2D eigenvalue weighted by atomic mass is 10.0. The third kappa shape index (κ3) is 13.7. The van der Waals surface area contributed by atoms with E-state index in [2.05, 4.69) is 29.9 Å². The third-order valence-corrected chi connectivity index (χ3v) is 6.32. The highest BCUT2D eigenvalue weighted by atomic mass is 32.2. The maximum atomic E-state index is 12.0. The standard InChI is InChI=1S/C24H40N2OS2/c1-3-4-5-6-7-8-9-10-11-12-13-14-15-16-21-17-19-22(20-18-21)23(27)25-26-24(28)29-2/h17-20H,3-16H2,1-2H3,(H,25,27)(H,26,28). The van der Waals surface area contributed by atoms with E-state index < -0.39 is 0 Å². The molecule has 0 aromatic heterocycles. The minimum Gasteiger partial charge on any atom is -0.283 e. The fourth-order valence-corrected chi connectivity index (χ4v) is 3.60. The number of benzene rings is 1. The van der Waals surface area contributed by atoms with Gasteiger partial charge in [0.25, 0.3) is 5.91 Å². The number of thiocarbonyl (C=S) groups is 1. The molecule has 0 atom stereocenters. The summed E-state index contributed by atoms with van der Waals surface area (Å²) in [5.74, 6) is -0.158. The maximum Gasteiger partial charge on any atom is 0.269 e. The van der Waals surface area contributed by atoms with Crippen LogP contribution < -0.4 is 10.9 Å². The van der Waals surface area contributed by atoms with E-state index in [0.717, 1.165) is 6.42 Å². The molecule has 2 N–H and O–H groups in total. The lowest BCUT2D eigenvalue weighted by Gasteiger charge is -2.08. The van der Waals surface area contributed by atoms with Crippen LogP contribution in [-0.2, 0) is 6.42 Å². The number of hydrazine groups is 1. The molecule has 0 unspecified atom stereocenters. The summed E-state index contributed by atoms with van der Waals surface area (Å²) in [7, 11) is 0. The van der Waals surface area contributed by atoms with Gasteiger partial charge in [0.15, 0.2) is 4.32 Å². The van der Waals surface area contributed by atoms with Crippen molar-refractivity contribution < 1.29 is 4.79 Å². The number of nitrogens with one attached hydrogen (secondary N) is 2. The van der Waals surface area contributed by atoms with Crippen LogP contribution in [0.1, 0.15) is 106 Å². The van der Waals surface area contributed by atoms with Crippen LogP contribution in [0, 0.1) is 0 Å². The van der Waals surface area contributed by atoms with E-state index in [4.69, 9.17) is 12.2 Å². The maximum absolute atomic E-state index is 12.0. The van der Waals surface area contributed by atoms with Crippen molar-refractivity contribution in [1.29, 1.82) is 0 Å². The predicted molar refractivity (Wildman–Crippen MR) is 133 cm³/mol. The molecule has 0 aliphatic rings. The van der Waals surface area contributed by atoms with Gasteiger partial charge in [0.1, 0.15) is 0 Å². The largest absolute Gasteiger partial charge is 0.283 e. The van der Waals surface area contributed by atoms with Crippen molar-refractivity contribution in [3.63, 3.8) is 0 Å². The van der Waals surface area contributed by atoms with Gasteiger partial charge in [-0.1, -0.05) is 120 Å². The second-order valence-electron chi connectivity index (χ2n) is 7.76. The van der Waals surface area contributed by atoms with Crippen LogP contribution in [0.5, 0.6) is 0 Å². The van der Waals surface area contributed by atoms with E-state index in [1.165, 1.54) is 101 Å². The van der Waals surface area contributed by atoms with Crippen molar-refractivity contribution in [2.24, 2.45) is 0 Å². The Labute approximate surface area is 188 Å². The molecule has 3 nitrogen and oxygen atoms in total. The molecule has 29 heavy (non-hydrogen) atoms. The lowest BCUT2D eigenvalue weighted by Crippen LogP contribution is -2.39. The second-order valence-corrected chi connectivity index (χ2v) is 9.24. The fourth-order valence-electron chi connectivity index (χ4n) is 3.40. The molecular formula is C24H40N2OS2. The molecule has 0 radical (unpaired) electrons. The lowest BCUT2D eigenvalue weighted by molar-refractivity contribution is 0.0944. The molecule has 1 rings (SSSR count). The summed E-state index contributed by atoms with van der Waals surface area (Å²) in [6, 6.07) is 7.89. The van der Waals surface area contributed by atoms with E-state index in [1.807, 2.05) is 18.4 Å². The number of rotatable bonds is 15. The molecule has 0 bridgehead atoms. The minimum atomic E-state index is -0.158. The summed E-state index contributed by atoms with van der Waals surface area (Å²) in [5, 5.41) is 0. The molecule has 0 saturated carbocycles. The first-order valence-electron chi connectivity index (χ1n) is 11.4. The van der Waals surface area contributed by atoms with E-state index in [1.54, 1.807) is 0 Å². The van der Waals surface area contributed by atoms with E-state index in [-0.39, 0.29) is 5.91 Å². The normalized spacial score (nSPS) is 10.7. The topological polar surface area (TPSA) is 41.1 Å². The molecular weight excluding hydrogens is 396 g/mol. The molecule has 0 fully saturated rings.